The number of rotatable bonds is 11. The van der Waals surface area contributed by atoms with Crippen molar-refractivity contribution in [2.24, 2.45) is 0 Å². The predicted molar refractivity (Wildman–Crippen MR) is 114 cm³/mol. The first-order valence-electron chi connectivity index (χ1n) is 11.6. The largest absolute Gasteiger partial charge is 0.463 e. The minimum Gasteiger partial charge on any atom is -0.463 e. The second-order valence-electron chi connectivity index (χ2n) is 9.73. The molecule has 0 radical (unpaired) electrons. The average Bonchev–Trinajstić information content (AvgIpc) is 3.40. The van der Waals surface area contributed by atoms with Crippen LogP contribution in [0, 0.1) is 0 Å². The fourth-order valence-electron chi connectivity index (χ4n) is 4.37. The van der Waals surface area contributed by atoms with Crippen LogP contribution in [0.15, 0.2) is 0 Å². The molecule has 10 nitrogen and oxygen atoms in total. The van der Waals surface area contributed by atoms with E-state index in [0.717, 1.165) is 0 Å². The van der Waals surface area contributed by atoms with Crippen LogP contribution < -0.4 is 0 Å². The second-order valence-corrected chi connectivity index (χ2v) is 9.73. The van der Waals surface area contributed by atoms with Crippen LogP contribution >= 0.6 is 0 Å². The molecule has 10 heteroatoms. The van der Waals surface area contributed by atoms with Gasteiger partial charge in [-0.25, -0.2) is 0 Å². The van der Waals surface area contributed by atoms with Crippen molar-refractivity contribution in [3.63, 3.8) is 0 Å². The maximum absolute atomic E-state index is 12.1. The Hall–Kier alpha value is -1.14. The van der Waals surface area contributed by atoms with Gasteiger partial charge in [0.1, 0.15) is 36.8 Å². The Morgan fingerprint density at radius 2 is 1.42 bits per heavy atom. The van der Waals surface area contributed by atoms with E-state index in [9.17, 15) is 9.59 Å². The number of methoxy groups -OCH3 is 1. The summed E-state index contributed by atoms with van der Waals surface area (Å²) in [6.45, 7) is 10.1. The van der Waals surface area contributed by atoms with Gasteiger partial charge in [0, 0.05) is 26.4 Å². The van der Waals surface area contributed by atoms with Crippen LogP contribution in [0.25, 0.3) is 0 Å². The maximum atomic E-state index is 12.1. The highest BCUT2D eigenvalue weighted by atomic mass is 16.8. The number of hydrogen-bond acceptors (Lipinski definition) is 10. The number of ether oxygens (including phenoxy) is 8. The van der Waals surface area contributed by atoms with E-state index in [2.05, 4.69) is 0 Å². The molecule has 3 saturated heterocycles. The van der Waals surface area contributed by atoms with E-state index in [1.165, 1.54) is 14.0 Å². The van der Waals surface area contributed by atoms with Crippen LogP contribution in [0.3, 0.4) is 0 Å². The van der Waals surface area contributed by atoms with Gasteiger partial charge in [-0.15, -0.1) is 0 Å². The molecule has 3 aliphatic rings. The van der Waals surface area contributed by atoms with E-state index < -0.39 is 35.7 Å². The lowest BCUT2D eigenvalue weighted by Gasteiger charge is -2.30. The van der Waals surface area contributed by atoms with Crippen molar-refractivity contribution in [1.82, 2.24) is 0 Å². The van der Waals surface area contributed by atoms with E-state index in [-0.39, 0.29) is 50.3 Å². The van der Waals surface area contributed by atoms with E-state index in [1.54, 1.807) is 0 Å². The number of hydrogen-bond donors (Lipinski definition) is 0. The molecule has 3 heterocycles. The minimum atomic E-state index is -1.08. The molecular weight excluding hydrogens is 436 g/mol. The lowest BCUT2D eigenvalue weighted by molar-refractivity contribution is -0.200. The molecule has 0 amide bonds. The lowest BCUT2D eigenvalue weighted by atomic mass is 10.0. The van der Waals surface area contributed by atoms with E-state index in [1.807, 2.05) is 27.7 Å². The van der Waals surface area contributed by atoms with Crippen LogP contribution in [-0.4, -0.2) is 87.1 Å². The topological polar surface area (TPSA) is 108 Å². The zero-order valence-electron chi connectivity index (χ0n) is 20.5. The van der Waals surface area contributed by atoms with Crippen molar-refractivity contribution in [2.75, 3.05) is 33.5 Å². The normalized spacial score (nSPS) is 35.1. The van der Waals surface area contributed by atoms with Crippen molar-refractivity contribution >= 4 is 11.8 Å². The molecule has 5 atom stereocenters. The molecule has 190 valence electrons. The van der Waals surface area contributed by atoms with E-state index >= 15 is 0 Å². The first kappa shape index (κ1) is 26.5. The van der Waals surface area contributed by atoms with Gasteiger partial charge in [0.2, 0.25) is 0 Å². The molecule has 1 unspecified atom stereocenters. The molecule has 3 fully saturated rings. The summed E-state index contributed by atoms with van der Waals surface area (Å²) in [7, 11) is 1.54. The summed E-state index contributed by atoms with van der Waals surface area (Å²) in [5.74, 6) is -2.96. The standard InChI is InChI=1S/C23H38O10/c1-15(24)7-9-23(10-8-18(25)27-12-11-26-6)29-14-17(31-23)20-19(32-22(4,5)33-20)16-13-28-21(2,3)30-16/h16-17,19-20H,7-14H2,1-6H3/t16-,17+,19+,20-,23?/m0/s1. The third kappa shape index (κ3) is 7.17. The van der Waals surface area contributed by atoms with Crippen LogP contribution in [-0.2, 0) is 47.5 Å². The second kappa shape index (κ2) is 10.6. The lowest BCUT2D eigenvalue weighted by Crippen LogP contribution is -2.45. The summed E-state index contributed by atoms with van der Waals surface area (Å²) in [6, 6.07) is 0. The van der Waals surface area contributed by atoms with Crippen molar-refractivity contribution in [3.05, 3.63) is 0 Å². The smallest absolute Gasteiger partial charge is 0.306 e. The summed E-state index contributed by atoms with van der Waals surface area (Å²) >= 11 is 0. The summed E-state index contributed by atoms with van der Waals surface area (Å²) in [4.78, 5) is 23.8. The number of ketones is 1. The molecule has 3 aliphatic heterocycles. The number of carbonyl (C=O) groups excluding carboxylic acids is 2. The Morgan fingerprint density at radius 1 is 0.818 bits per heavy atom. The van der Waals surface area contributed by atoms with Gasteiger partial charge in [-0.1, -0.05) is 0 Å². The Morgan fingerprint density at radius 3 is 2.00 bits per heavy atom. The first-order valence-corrected chi connectivity index (χ1v) is 11.6. The van der Waals surface area contributed by atoms with Gasteiger partial charge in [0.15, 0.2) is 17.4 Å². The van der Waals surface area contributed by atoms with Gasteiger partial charge in [0.05, 0.1) is 26.2 Å². The van der Waals surface area contributed by atoms with Crippen LogP contribution in [0.5, 0.6) is 0 Å². The molecule has 33 heavy (non-hydrogen) atoms. The third-order valence-electron chi connectivity index (χ3n) is 5.92. The van der Waals surface area contributed by atoms with Crippen molar-refractivity contribution in [1.29, 1.82) is 0 Å². The van der Waals surface area contributed by atoms with Crippen molar-refractivity contribution in [2.45, 2.75) is 102 Å². The predicted octanol–water partition coefficient (Wildman–Crippen LogP) is 2.11. The zero-order valence-corrected chi connectivity index (χ0v) is 20.5. The summed E-state index contributed by atoms with van der Waals surface area (Å²) in [5, 5.41) is 0. The number of esters is 1. The number of carbonyl (C=O) groups is 2. The summed E-state index contributed by atoms with van der Waals surface area (Å²) < 4.78 is 46.7. The van der Waals surface area contributed by atoms with E-state index in [0.29, 0.717) is 19.6 Å². The van der Waals surface area contributed by atoms with Crippen molar-refractivity contribution in [3.8, 4) is 0 Å². The molecule has 0 spiro atoms. The SMILES string of the molecule is COCCOC(=O)CCC1(CCC(C)=O)OC[C@H]([C@@H]2OC(C)(C)O[C@@H]2[C@@H]2COC(C)(C)O2)O1. The maximum Gasteiger partial charge on any atom is 0.306 e. The van der Waals surface area contributed by atoms with E-state index in [4.69, 9.17) is 37.9 Å². The van der Waals surface area contributed by atoms with Gasteiger partial charge in [-0.3, -0.25) is 4.79 Å². The van der Waals surface area contributed by atoms with Crippen LogP contribution in [0.2, 0.25) is 0 Å². The summed E-state index contributed by atoms with van der Waals surface area (Å²) in [6.07, 6.45) is -0.690. The Labute approximate surface area is 195 Å². The Kier molecular flexibility index (Phi) is 8.53. The number of Topliss-reactive ketones (excluding diaryl/α,β-unsaturated/α-hetero) is 1. The van der Waals surface area contributed by atoms with Crippen LogP contribution in [0.4, 0.5) is 0 Å². The molecule has 0 aromatic carbocycles. The van der Waals surface area contributed by atoms with Gasteiger partial charge in [0.25, 0.3) is 0 Å². The zero-order chi connectivity index (χ0) is 24.3. The average molecular weight is 475 g/mol. The summed E-state index contributed by atoms with van der Waals surface area (Å²) in [5.41, 5.74) is 0. The molecule has 0 aliphatic carbocycles. The van der Waals surface area contributed by atoms with Gasteiger partial charge in [-0.05, 0) is 34.6 Å². The van der Waals surface area contributed by atoms with Gasteiger partial charge < -0.3 is 42.7 Å². The van der Waals surface area contributed by atoms with Gasteiger partial charge in [-0.2, -0.15) is 0 Å². The molecule has 3 rings (SSSR count). The monoisotopic (exact) mass is 474 g/mol. The molecule has 0 aromatic heterocycles. The highest BCUT2D eigenvalue weighted by Crippen LogP contribution is 2.42. The highest BCUT2D eigenvalue weighted by Gasteiger charge is 2.56. The first-order chi connectivity index (χ1) is 15.4. The highest BCUT2D eigenvalue weighted by molar-refractivity contribution is 5.75. The molecule has 0 aromatic rings. The van der Waals surface area contributed by atoms with Crippen LogP contribution in [0.1, 0.15) is 60.3 Å². The van der Waals surface area contributed by atoms with Gasteiger partial charge >= 0.3 is 5.97 Å². The Bertz CT molecular complexity index is 693. The molecule has 0 N–H and O–H groups in total. The minimum absolute atomic E-state index is 0.0193. The quantitative estimate of drug-likeness (QED) is 0.326. The molecule has 0 bridgehead atoms. The Balaban J connectivity index is 1.67. The van der Waals surface area contributed by atoms with Crippen molar-refractivity contribution < 1.29 is 47.5 Å². The molecular formula is C23H38O10. The molecule has 0 saturated carbocycles. The third-order valence-corrected chi connectivity index (χ3v) is 5.92. The fraction of sp³-hybridized carbons (Fsp3) is 0.913. The fourth-order valence-corrected chi connectivity index (χ4v) is 4.37.